The van der Waals surface area contributed by atoms with E-state index in [0.717, 1.165) is 48.2 Å². The van der Waals surface area contributed by atoms with E-state index in [1.165, 1.54) is 16.8 Å². The van der Waals surface area contributed by atoms with Crippen LogP contribution in [0.2, 0.25) is 0 Å². The van der Waals surface area contributed by atoms with E-state index in [4.69, 9.17) is 4.74 Å². The monoisotopic (exact) mass is 501 g/mol. The minimum Gasteiger partial charge on any atom is -0.383 e. The van der Waals surface area contributed by atoms with Crippen molar-refractivity contribution in [2.45, 2.75) is 40.3 Å². The first-order chi connectivity index (χ1) is 17.9. The van der Waals surface area contributed by atoms with E-state index in [-0.39, 0.29) is 11.6 Å². The average molecular weight is 502 g/mol. The number of aromatic amines is 1. The minimum absolute atomic E-state index is 0.109. The zero-order chi connectivity index (χ0) is 26.1. The van der Waals surface area contributed by atoms with Crippen molar-refractivity contribution >= 4 is 16.6 Å². The van der Waals surface area contributed by atoms with Crippen LogP contribution in [-0.2, 0) is 11.3 Å². The molecule has 5 rings (SSSR count). The number of piperazine rings is 1. The summed E-state index contributed by atoms with van der Waals surface area (Å²) in [4.78, 5) is 21.5. The van der Waals surface area contributed by atoms with Gasteiger partial charge in [0.05, 0.1) is 18.7 Å². The molecule has 9 nitrogen and oxygen atoms in total. The summed E-state index contributed by atoms with van der Waals surface area (Å²) >= 11 is 0. The van der Waals surface area contributed by atoms with Crippen LogP contribution in [0, 0.1) is 27.7 Å². The number of rotatable bonds is 7. The van der Waals surface area contributed by atoms with Crippen LogP contribution < -0.4 is 10.5 Å². The fourth-order valence-corrected chi connectivity index (χ4v) is 5.43. The molecule has 37 heavy (non-hydrogen) atoms. The summed E-state index contributed by atoms with van der Waals surface area (Å²) in [7, 11) is 1.66. The molecule has 1 aliphatic heterocycles. The van der Waals surface area contributed by atoms with Crippen molar-refractivity contribution < 1.29 is 4.74 Å². The van der Waals surface area contributed by atoms with Gasteiger partial charge in [0.25, 0.3) is 5.56 Å². The third-order valence-corrected chi connectivity index (χ3v) is 7.31. The molecule has 0 radical (unpaired) electrons. The van der Waals surface area contributed by atoms with Crippen molar-refractivity contribution in [2.24, 2.45) is 0 Å². The Morgan fingerprint density at radius 1 is 0.973 bits per heavy atom. The molecule has 3 heterocycles. The molecular formula is C28H35N7O2. The van der Waals surface area contributed by atoms with Crippen molar-refractivity contribution in [3.8, 4) is 0 Å². The van der Waals surface area contributed by atoms with Crippen molar-refractivity contribution in [3.05, 3.63) is 80.4 Å². The number of fused-ring (bicyclic) bond motifs is 1. The van der Waals surface area contributed by atoms with Gasteiger partial charge < -0.3 is 14.6 Å². The maximum atomic E-state index is 13.5. The maximum absolute atomic E-state index is 13.5. The van der Waals surface area contributed by atoms with Gasteiger partial charge in [-0.1, -0.05) is 23.8 Å². The first-order valence-electron chi connectivity index (χ1n) is 12.8. The second-order valence-corrected chi connectivity index (χ2v) is 10.1. The van der Waals surface area contributed by atoms with E-state index in [0.29, 0.717) is 24.5 Å². The third kappa shape index (κ3) is 5.01. The maximum Gasteiger partial charge on any atom is 0.253 e. The summed E-state index contributed by atoms with van der Waals surface area (Å²) in [6.45, 7) is 12.6. The van der Waals surface area contributed by atoms with Gasteiger partial charge in [0.1, 0.15) is 6.04 Å². The standard InChI is InChI=1S/C28H35N7O2/c1-18-6-7-20(3)24(16-18)33-8-10-34(11-9-33)26(27-30-31-32-35(27)12-13-37-5)23-17-22-15-19(2)14-21(4)25(22)29-28(23)36/h6-7,14-17,26H,8-13H2,1-5H3,(H,29,36)/t26-/m1/s1. The number of pyridine rings is 1. The summed E-state index contributed by atoms with van der Waals surface area (Å²) in [6.07, 6.45) is 0. The zero-order valence-electron chi connectivity index (χ0n) is 22.3. The molecule has 9 heteroatoms. The second-order valence-electron chi connectivity index (χ2n) is 10.1. The number of tetrazole rings is 1. The summed E-state index contributed by atoms with van der Waals surface area (Å²) in [5, 5.41) is 13.6. The Morgan fingerprint density at radius 2 is 1.76 bits per heavy atom. The number of nitrogens with one attached hydrogen (secondary N) is 1. The van der Waals surface area contributed by atoms with Crippen LogP contribution in [0.5, 0.6) is 0 Å². The van der Waals surface area contributed by atoms with E-state index in [9.17, 15) is 4.79 Å². The van der Waals surface area contributed by atoms with Crippen LogP contribution in [0.4, 0.5) is 5.69 Å². The zero-order valence-corrected chi connectivity index (χ0v) is 22.3. The number of aromatic nitrogens is 5. The normalized spacial score (nSPS) is 15.4. The number of hydrogen-bond donors (Lipinski definition) is 1. The molecule has 1 fully saturated rings. The van der Waals surface area contributed by atoms with Crippen LogP contribution in [0.1, 0.15) is 39.7 Å². The highest BCUT2D eigenvalue weighted by Gasteiger charge is 2.33. The number of benzene rings is 2. The van der Waals surface area contributed by atoms with Gasteiger partial charge in [0.15, 0.2) is 5.82 Å². The number of methoxy groups -OCH3 is 1. The molecule has 194 valence electrons. The van der Waals surface area contributed by atoms with Gasteiger partial charge in [-0.2, -0.15) is 0 Å². The Hall–Kier alpha value is -3.56. The van der Waals surface area contributed by atoms with Gasteiger partial charge in [0, 0.05) is 44.5 Å². The average Bonchev–Trinajstić information content (AvgIpc) is 3.34. The predicted octanol–water partition coefficient (Wildman–Crippen LogP) is 3.31. The molecule has 1 aliphatic rings. The lowest BCUT2D eigenvalue weighted by atomic mass is 10.00. The lowest BCUT2D eigenvalue weighted by molar-refractivity contribution is 0.171. The second kappa shape index (κ2) is 10.4. The van der Waals surface area contributed by atoms with Gasteiger partial charge in [-0.25, -0.2) is 4.68 Å². The minimum atomic E-state index is -0.374. The molecule has 0 bridgehead atoms. The molecule has 0 spiro atoms. The van der Waals surface area contributed by atoms with E-state index < -0.39 is 0 Å². The van der Waals surface area contributed by atoms with Crippen LogP contribution in [0.15, 0.2) is 41.2 Å². The van der Waals surface area contributed by atoms with Gasteiger partial charge in [0.2, 0.25) is 0 Å². The summed E-state index contributed by atoms with van der Waals surface area (Å²) in [5.41, 5.74) is 7.44. The van der Waals surface area contributed by atoms with Gasteiger partial charge in [-0.15, -0.1) is 5.10 Å². The van der Waals surface area contributed by atoms with Gasteiger partial charge in [-0.3, -0.25) is 9.69 Å². The fraction of sp³-hybridized carbons (Fsp3) is 0.429. The SMILES string of the molecule is COCCn1nnnc1[C@@H](c1cc2cc(C)cc(C)c2[nH]c1=O)N1CCN(c2cc(C)ccc2C)CC1. The van der Waals surface area contributed by atoms with Crippen molar-refractivity contribution in [1.82, 2.24) is 30.1 Å². The highest BCUT2D eigenvalue weighted by atomic mass is 16.5. The highest BCUT2D eigenvalue weighted by molar-refractivity contribution is 5.83. The van der Waals surface area contributed by atoms with Gasteiger partial charge >= 0.3 is 0 Å². The summed E-state index contributed by atoms with van der Waals surface area (Å²) < 4.78 is 7.05. The Labute approximate surface area is 217 Å². The lowest BCUT2D eigenvalue weighted by Crippen LogP contribution is -2.49. The number of ether oxygens (including phenoxy) is 1. The van der Waals surface area contributed by atoms with Gasteiger partial charge in [-0.05, 0) is 78.4 Å². The topological polar surface area (TPSA) is 92.2 Å². The van der Waals surface area contributed by atoms with E-state index in [1.807, 2.05) is 13.0 Å². The molecule has 0 saturated carbocycles. The summed E-state index contributed by atoms with van der Waals surface area (Å²) in [6, 6.07) is 12.4. The van der Waals surface area contributed by atoms with Crippen molar-refractivity contribution in [1.29, 1.82) is 0 Å². The molecule has 0 unspecified atom stereocenters. The highest BCUT2D eigenvalue weighted by Crippen LogP contribution is 2.30. The van der Waals surface area contributed by atoms with Crippen LogP contribution in [0.25, 0.3) is 10.9 Å². The Morgan fingerprint density at radius 3 is 2.51 bits per heavy atom. The smallest absolute Gasteiger partial charge is 0.253 e. The number of hydrogen-bond acceptors (Lipinski definition) is 7. The quantitative estimate of drug-likeness (QED) is 0.415. The van der Waals surface area contributed by atoms with Crippen LogP contribution in [-0.4, -0.2) is 70.0 Å². The Balaban J connectivity index is 1.54. The van der Waals surface area contributed by atoms with Crippen LogP contribution in [0.3, 0.4) is 0 Å². The first kappa shape index (κ1) is 25.1. The van der Waals surface area contributed by atoms with Crippen molar-refractivity contribution in [3.63, 3.8) is 0 Å². The number of H-pyrrole nitrogens is 1. The predicted molar refractivity (Wildman–Crippen MR) is 145 cm³/mol. The molecule has 0 aliphatic carbocycles. The molecular weight excluding hydrogens is 466 g/mol. The Kier molecular flexibility index (Phi) is 7.08. The van der Waals surface area contributed by atoms with Crippen molar-refractivity contribution in [2.75, 3.05) is 44.8 Å². The fourth-order valence-electron chi connectivity index (χ4n) is 5.43. The summed E-state index contributed by atoms with van der Waals surface area (Å²) in [5.74, 6) is 0.659. The largest absolute Gasteiger partial charge is 0.383 e. The first-order valence-corrected chi connectivity index (χ1v) is 12.8. The Bertz CT molecular complexity index is 1470. The molecule has 1 N–H and O–H groups in total. The number of aryl methyl sites for hydroxylation is 4. The number of nitrogens with zero attached hydrogens (tertiary/aromatic N) is 6. The van der Waals surface area contributed by atoms with E-state index in [2.05, 4.69) is 81.4 Å². The third-order valence-electron chi connectivity index (χ3n) is 7.31. The lowest BCUT2D eigenvalue weighted by Gasteiger charge is -2.40. The van der Waals surface area contributed by atoms with E-state index in [1.54, 1.807) is 11.8 Å². The number of anilines is 1. The molecule has 1 atom stereocenters. The molecule has 2 aromatic carbocycles. The molecule has 0 amide bonds. The van der Waals surface area contributed by atoms with E-state index >= 15 is 0 Å². The molecule has 1 saturated heterocycles. The molecule has 2 aromatic heterocycles. The van der Waals surface area contributed by atoms with Crippen LogP contribution >= 0.6 is 0 Å². The molecule has 4 aromatic rings.